The number of aromatic nitrogens is 3. The largest absolute Gasteiger partial charge is 0.366 e. The minimum Gasteiger partial charge on any atom is -0.366 e. The number of amides is 2. The Balaban J connectivity index is 1.32. The number of nitrogens with two attached hydrogens (primary N) is 2. The average Bonchev–Trinajstić information content (AvgIpc) is 3.30. The Morgan fingerprint density at radius 1 is 1.06 bits per heavy atom. The first kappa shape index (κ1) is 22.6. The quantitative estimate of drug-likeness (QED) is 0.584. The molecule has 8 nitrogen and oxygen atoms in total. The first-order valence-electron chi connectivity index (χ1n) is 11.5. The third-order valence-electron chi connectivity index (χ3n) is 7.38. The molecule has 3 aromatic rings. The van der Waals surface area contributed by atoms with Crippen LogP contribution in [0.15, 0.2) is 48.5 Å². The Morgan fingerprint density at radius 2 is 1.76 bits per heavy atom. The van der Waals surface area contributed by atoms with E-state index in [0.29, 0.717) is 36.8 Å². The lowest BCUT2D eigenvalue weighted by atomic mass is 9.68. The van der Waals surface area contributed by atoms with Gasteiger partial charge in [-0.2, -0.15) is 0 Å². The summed E-state index contributed by atoms with van der Waals surface area (Å²) in [6, 6.07) is 15.0. The molecule has 2 heterocycles. The SMILES string of the molecule is NCC1(c2cccc(Cl)c2)CCC(N2CCn3c(nnc3-c3ccc(C(N)=O)cc3)C2=O)CC1. The molecule has 176 valence electrons. The minimum atomic E-state index is -0.484. The van der Waals surface area contributed by atoms with Gasteiger partial charge >= 0.3 is 0 Å². The molecular weight excluding hydrogens is 452 g/mol. The summed E-state index contributed by atoms with van der Waals surface area (Å²) in [4.78, 5) is 26.6. The molecule has 1 aromatic heterocycles. The van der Waals surface area contributed by atoms with Crippen molar-refractivity contribution in [2.75, 3.05) is 13.1 Å². The first-order valence-corrected chi connectivity index (χ1v) is 11.9. The van der Waals surface area contributed by atoms with Crippen molar-refractivity contribution in [1.82, 2.24) is 19.7 Å². The zero-order valence-corrected chi connectivity index (χ0v) is 19.5. The molecule has 1 saturated carbocycles. The molecule has 2 aliphatic rings. The number of carbonyl (C=O) groups is 2. The Morgan fingerprint density at radius 3 is 2.41 bits per heavy atom. The van der Waals surface area contributed by atoms with Gasteiger partial charge in [-0.1, -0.05) is 35.9 Å². The zero-order valence-electron chi connectivity index (χ0n) is 18.8. The van der Waals surface area contributed by atoms with Crippen LogP contribution in [0.25, 0.3) is 11.4 Å². The molecule has 0 unspecified atom stereocenters. The highest BCUT2D eigenvalue weighted by molar-refractivity contribution is 6.30. The van der Waals surface area contributed by atoms with Crippen LogP contribution in [0.2, 0.25) is 5.02 Å². The van der Waals surface area contributed by atoms with Crippen molar-refractivity contribution in [2.24, 2.45) is 11.5 Å². The summed E-state index contributed by atoms with van der Waals surface area (Å²) in [6.45, 7) is 1.78. The monoisotopic (exact) mass is 478 g/mol. The van der Waals surface area contributed by atoms with Crippen molar-refractivity contribution in [3.05, 3.63) is 70.5 Å². The summed E-state index contributed by atoms with van der Waals surface area (Å²) in [6.07, 6.45) is 3.57. The summed E-state index contributed by atoms with van der Waals surface area (Å²) in [5.74, 6) is 0.394. The summed E-state index contributed by atoms with van der Waals surface area (Å²) >= 11 is 6.24. The Hall–Kier alpha value is -3.23. The Labute approximate surface area is 202 Å². The number of benzene rings is 2. The average molecular weight is 479 g/mol. The Bertz CT molecular complexity index is 1230. The van der Waals surface area contributed by atoms with Crippen LogP contribution in [-0.2, 0) is 12.0 Å². The number of rotatable bonds is 5. The number of hydrogen-bond donors (Lipinski definition) is 2. The van der Waals surface area contributed by atoms with Gasteiger partial charge < -0.3 is 20.9 Å². The van der Waals surface area contributed by atoms with Crippen molar-refractivity contribution in [3.63, 3.8) is 0 Å². The van der Waals surface area contributed by atoms with E-state index in [-0.39, 0.29) is 17.4 Å². The van der Waals surface area contributed by atoms with Gasteiger partial charge in [0.1, 0.15) is 0 Å². The molecule has 0 saturated heterocycles. The first-order chi connectivity index (χ1) is 16.4. The molecule has 34 heavy (non-hydrogen) atoms. The second kappa shape index (κ2) is 8.85. The second-order valence-electron chi connectivity index (χ2n) is 9.16. The van der Waals surface area contributed by atoms with Crippen molar-refractivity contribution >= 4 is 23.4 Å². The molecule has 4 N–H and O–H groups in total. The minimum absolute atomic E-state index is 0.0910. The number of nitrogens with zero attached hydrogens (tertiary/aromatic N) is 4. The molecular formula is C25H27ClN6O2. The summed E-state index contributed by atoms with van der Waals surface area (Å²) in [5.41, 5.74) is 13.9. The van der Waals surface area contributed by atoms with Crippen molar-refractivity contribution in [1.29, 1.82) is 0 Å². The van der Waals surface area contributed by atoms with E-state index in [1.165, 1.54) is 5.56 Å². The number of hydrogen-bond acceptors (Lipinski definition) is 5. The van der Waals surface area contributed by atoms with Crippen molar-refractivity contribution in [2.45, 2.75) is 43.7 Å². The van der Waals surface area contributed by atoms with Gasteiger partial charge in [-0.15, -0.1) is 10.2 Å². The molecule has 0 spiro atoms. The summed E-state index contributed by atoms with van der Waals surface area (Å²) < 4.78 is 1.86. The van der Waals surface area contributed by atoms with Gasteiger partial charge in [0.05, 0.1) is 0 Å². The van der Waals surface area contributed by atoms with Crippen LogP contribution in [0.1, 0.15) is 52.2 Å². The fourth-order valence-corrected chi connectivity index (χ4v) is 5.54. The van der Waals surface area contributed by atoms with E-state index in [1.807, 2.05) is 27.7 Å². The standard InChI is InChI=1S/C25H27ClN6O2/c26-19-3-1-2-18(14-19)25(15-27)10-8-20(9-11-25)31-12-13-32-22(29-30-23(32)24(31)34)17-6-4-16(5-7-17)21(28)33/h1-7,14,20H,8-13,15,27H2,(H2,28,33). The molecule has 9 heteroatoms. The number of halogens is 1. The smallest absolute Gasteiger partial charge is 0.292 e. The molecule has 1 aliphatic heterocycles. The topological polar surface area (TPSA) is 120 Å². The third-order valence-corrected chi connectivity index (χ3v) is 7.61. The second-order valence-corrected chi connectivity index (χ2v) is 9.60. The van der Waals surface area contributed by atoms with E-state index in [2.05, 4.69) is 16.3 Å². The summed E-state index contributed by atoms with van der Waals surface area (Å²) in [7, 11) is 0. The Kier molecular flexibility index (Phi) is 5.87. The maximum atomic E-state index is 13.3. The lowest BCUT2D eigenvalue weighted by molar-refractivity contribution is 0.0523. The molecule has 1 aliphatic carbocycles. The normalized spacial score (nSPS) is 22.5. The zero-order chi connectivity index (χ0) is 23.9. The lowest BCUT2D eigenvalue weighted by Gasteiger charge is -2.44. The summed E-state index contributed by atoms with van der Waals surface area (Å²) in [5, 5.41) is 9.21. The van der Waals surface area contributed by atoms with Crippen LogP contribution >= 0.6 is 11.6 Å². The third kappa shape index (κ3) is 3.86. The van der Waals surface area contributed by atoms with Gasteiger partial charge in [-0.25, -0.2) is 0 Å². The fourth-order valence-electron chi connectivity index (χ4n) is 5.35. The number of fused-ring (bicyclic) bond motifs is 1. The van der Waals surface area contributed by atoms with E-state index in [1.54, 1.807) is 24.3 Å². The van der Waals surface area contributed by atoms with E-state index in [4.69, 9.17) is 23.1 Å². The fraction of sp³-hybridized carbons (Fsp3) is 0.360. The van der Waals surface area contributed by atoms with Gasteiger partial charge in [0, 0.05) is 47.2 Å². The van der Waals surface area contributed by atoms with Gasteiger partial charge in [0.25, 0.3) is 5.91 Å². The van der Waals surface area contributed by atoms with Crippen LogP contribution in [0.5, 0.6) is 0 Å². The predicted octanol–water partition coefficient (Wildman–Crippen LogP) is 2.99. The molecule has 2 aromatic carbocycles. The van der Waals surface area contributed by atoms with E-state index in [0.717, 1.165) is 36.3 Å². The highest BCUT2D eigenvalue weighted by atomic mass is 35.5. The molecule has 0 radical (unpaired) electrons. The molecule has 5 rings (SSSR count). The molecule has 2 amide bonds. The molecule has 0 atom stereocenters. The van der Waals surface area contributed by atoms with Gasteiger partial charge in [0.15, 0.2) is 5.82 Å². The number of carbonyl (C=O) groups excluding carboxylic acids is 2. The predicted molar refractivity (Wildman–Crippen MR) is 129 cm³/mol. The van der Waals surface area contributed by atoms with Gasteiger partial charge in [-0.3, -0.25) is 9.59 Å². The molecule has 0 bridgehead atoms. The van der Waals surface area contributed by atoms with E-state index < -0.39 is 5.91 Å². The van der Waals surface area contributed by atoms with Crippen LogP contribution < -0.4 is 11.5 Å². The van der Waals surface area contributed by atoms with E-state index >= 15 is 0 Å². The molecule has 1 fully saturated rings. The van der Waals surface area contributed by atoms with Crippen molar-refractivity contribution < 1.29 is 9.59 Å². The van der Waals surface area contributed by atoms with Crippen LogP contribution in [0, 0.1) is 0 Å². The van der Waals surface area contributed by atoms with Crippen LogP contribution in [0.3, 0.4) is 0 Å². The van der Waals surface area contributed by atoms with Gasteiger partial charge in [0.2, 0.25) is 11.7 Å². The lowest BCUT2D eigenvalue weighted by Crippen LogP contribution is -2.50. The number of primary amides is 1. The van der Waals surface area contributed by atoms with Crippen LogP contribution in [-0.4, -0.2) is 50.6 Å². The maximum Gasteiger partial charge on any atom is 0.292 e. The van der Waals surface area contributed by atoms with E-state index in [9.17, 15) is 9.59 Å². The highest BCUT2D eigenvalue weighted by Gasteiger charge is 2.40. The maximum absolute atomic E-state index is 13.3. The highest BCUT2D eigenvalue weighted by Crippen LogP contribution is 2.41. The van der Waals surface area contributed by atoms with Crippen molar-refractivity contribution in [3.8, 4) is 11.4 Å². The van der Waals surface area contributed by atoms with Gasteiger partial charge in [-0.05, 0) is 55.5 Å². The van der Waals surface area contributed by atoms with Crippen LogP contribution in [0.4, 0.5) is 0 Å².